The number of imidazole rings is 1. The zero-order valence-corrected chi connectivity index (χ0v) is 19.7. The maximum Gasteiger partial charge on any atom is 0.222 e. The lowest BCUT2D eigenvalue weighted by atomic mass is 9.79. The van der Waals surface area contributed by atoms with E-state index in [1.807, 2.05) is 18.1 Å². The van der Waals surface area contributed by atoms with Gasteiger partial charge in [0, 0.05) is 41.4 Å². The lowest BCUT2D eigenvalue weighted by Crippen LogP contribution is -2.46. The van der Waals surface area contributed by atoms with Gasteiger partial charge in [0.2, 0.25) is 5.91 Å². The van der Waals surface area contributed by atoms with E-state index in [2.05, 4.69) is 87.1 Å². The molecule has 1 aliphatic heterocycles. The van der Waals surface area contributed by atoms with Crippen LogP contribution in [-0.4, -0.2) is 32.9 Å². The number of aromatic nitrogens is 2. The monoisotopic (exact) mass is 477 g/mol. The van der Waals surface area contributed by atoms with Gasteiger partial charge < -0.3 is 9.47 Å². The summed E-state index contributed by atoms with van der Waals surface area (Å²) in [6.07, 6.45) is 9.74. The molecule has 1 amide bonds. The molecule has 1 aromatic heterocycles. The van der Waals surface area contributed by atoms with Crippen molar-refractivity contribution in [2.75, 3.05) is 7.05 Å². The van der Waals surface area contributed by atoms with E-state index in [1.165, 1.54) is 24.0 Å². The topological polar surface area (TPSA) is 38.1 Å². The maximum absolute atomic E-state index is 13.4. The molecule has 31 heavy (non-hydrogen) atoms. The van der Waals surface area contributed by atoms with Crippen molar-refractivity contribution in [3.05, 3.63) is 76.5 Å². The summed E-state index contributed by atoms with van der Waals surface area (Å²) >= 11 is 3.57. The molecule has 2 aliphatic rings. The van der Waals surface area contributed by atoms with Crippen LogP contribution in [0.25, 0.3) is 11.4 Å². The Morgan fingerprint density at radius 3 is 2.58 bits per heavy atom. The highest BCUT2D eigenvalue weighted by atomic mass is 79.9. The Morgan fingerprint density at radius 2 is 1.84 bits per heavy atom. The third-order valence-corrected chi connectivity index (χ3v) is 8.08. The van der Waals surface area contributed by atoms with Crippen molar-refractivity contribution >= 4 is 21.8 Å². The van der Waals surface area contributed by atoms with Gasteiger partial charge in [0.05, 0.1) is 5.54 Å². The van der Waals surface area contributed by atoms with Crippen molar-refractivity contribution in [1.29, 1.82) is 0 Å². The third kappa shape index (κ3) is 3.16. The van der Waals surface area contributed by atoms with E-state index in [9.17, 15) is 4.79 Å². The Morgan fingerprint density at radius 1 is 1.13 bits per heavy atom. The number of halogens is 1. The van der Waals surface area contributed by atoms with Crippen molar-refractivity contribution in [2.45, 2.75) is 56.5 Å². The second-order valence-electron chi connectivity index (χ2n) is 9.19. The average molecular weight is 478 g/mol. The zero-order chi connectivity index (χ0) is 21.6. The molecular formula is C26H28BrN3O. The lowest BCUT2D eigenvalue weighted by molar-refractivity contribution is -0.135. The SMILES string of the molecule is CN(C(=O)CCC1(c2ccc(Br)cc2)c2ccccc2-c2nccn21)C1(C)CCCC1. The minimum atomic E-state index is -0.434. The van der Waals surface area contributed by atoms with E-state index in [0.717, 1.165) is 28.7 Å². The molecule has 160 valence electrons. The zero-order valence-electron chi connectivity index (χ0n) is 18.1. The number of rotatable bonds is 5. The standard InChI is InChI=1S/C26H28BrN3O/c1-25(14-5-6-15-25)29(2)23(31)13-16-26(19-9-11-20(27)12-10-19)22-8-4-3-7-21(22)24-28-17-18-30(24)26/h3-4,7-12,17-18H,5-6,13-16H2,1-2H3. The molecule has 2 heterocycles. The molecule has 1 fully saturated rings. The summed E-state index contributed by atoms with van der Waals surface area (Å²) in [7, 11) is 1.99. The van der Waals surface area contributed by atoms with Gasteiger partial charge in [-0.15, -0.1) is 0 Å². The van der Waals surface area contributed by atoms with Crippen LogP contribution in [0.2, 0.25) is 0 Å². The normalized spacial score (nSPS) is 21.0. The molecule has 1 unspecified atom stereocenters. The van der Waals surface area contributed by atoms with Crippen LogP contribution < -0.4 is 0 Å². The van der Waals surface area contributed by atoms with E-state index < -0.39 is 5.54 Å². The summed E-state index contributed by atoms with van der Waals surface area (Å²) in [4.78, 5) is 20.1. The summed E-state index contributed by atoms with van der Waals surface area (Å²) in [5.41, 5.74) is 3.12. The van der Waals surface area contributed by atoms with Crippen LogP contribution in [0.1, 0.15) is 56.6 Å². The molecule has 2 aromatic carbocycles. The van der Waals surface area contributed by atoms with Gasteiger partial charge in [-0.3, -0.25) is 4.79 Å². The molecule has 5 heteroatoms. The number of hydrogen-bond acceptors (Lipinski definition) is 2. The van der Waals surface area contributed by atoms with Crippen molar-refractivity contribution in [1.82, 2.24) is 14.5 Å². The lowest BCUT2D eigenvalue weighted by Gasteiger charge is -2.38. The molecular weight excluding hydrogens is 450 g/mol. The van der Waals surface area contributed by atoms with Gasteiger partial charge in [-0.2, -0.15) is 0 Å². The van der Waals surface area contributed by atoms with Gasteiger partial charge in [-0.05, 0) is 49.4 Å². The molecule has 3 aromatic rings. The van der Waals surface area contributed by atoms with Crippen LogP contribution in [0.15, 0.2) is 65.4 Å². The smallest absolute Gasteiger partial charge is 0.222 e. The van der Waals surface area contributed by atoms with E-state index in [1.54, 1.807) is 0 Å². The summed E-state index contributed by atoms with van der Waals surface area (Å²) in [5, 5.41) is 0. The van der Waals surface area contributed by atoms with Crippen LogP contribution in [0, 0.1) is 0 Å². The van der Waals surface area contributed by atoms with Crippen molar-refractivity contribution in [3.63, 3.8) is 0 Å². The van der Waals surface area contributed by atoms with E-state index in [-0.39, 0.29) is 11.4 Å². The number of amides is 1. The fourth-order valence-electron chi connectivity index (χ4n) is 5.63. The van der Waals surface area contributed by atoms with Gasteiger partial charge in [0.25, 0.3) is 0 Å². The fourth-order valence-corrected chi connectivity index (χ4v) is 5.89. The quantitative estimate of drug-likeness (QED) is 0.452. The molecule has 1 aliphatic carbocycles. The van der Waals surface area contributed by atoms with Gasteiger partial charge in [0.1, 0.15) is 5.82 Å². The van der Waals surface area contributed by atoms with Gasteiger partial charge >= 0.3 is 0 Å². The second kappa shape index (κ2) is 7.63. The highest BCUT2D eigenvalue weighted by Gasteiger charge is 2.45. The Hall–Kier alpha value is -2.40. The van der Waals surface area contributed by atoms with Gasteiger partial charge in [-0.1, -0.05) is 65.2 Å². The highest BCUT2D eigenvalue weighted by Crippen LogP contribution is 2.49. The summed E-state index contributed by atoms with van der Waals surface area (Å²) in [6.45, 7) is 2.24. The van der Waals surface area contributed by atoms with Crippen LogP contribution in [-0.2, 0) is 10.3 Å². The van der Waals surface area contributed by atoms with Crippen LogP contribution in [0.5, 0.6) is 0 Å². The molecule has 0 saturated heterocycles. The molecule has 0 spiro atoms. The Balaban J connectivity index is 1.56. The first-order chi connectivity index (χ1) is 15.0. The number of hydrogen-bond donors (Lipinski definition) is 0. The minimum Gasteiger partial charge on any atom is -0.340 e. The Kier molecular flexibility index (Phi) is 5.04. The predicted molar refractivity (Wildman–Crippen MR) is 127 cm³/mol. The predicted octanol–water partition coefficient (Wildman–Crippen LogP) is 5.99. The fraction of sp³-hybridized carbons (Fsp3) is 0.385. The summed E-state index contributed by atoms with van der Waals surface area (Å²) < 4.78 is 3.32. The first kappa shape index (κ1) is 20.5. The maximum atomic E-state index is 13.4. The van der Waals surface area contributed by atoms with E-state index >= 15 is 0 Å². The van der Waals surface area contributed by atoms with E-state index in [4.69, 9.17) is 0 Å². The second-order valence-corrected chi connectivity index (χ2v) is 10.1. The van der Waals surface area contributed by atoms with Crippen LogP contribution in [0.3, 0.4) is 0 Å². The Labute approximate surface area is 192 Å². The number of benzene rings is 2. The first-order valence-corrected chi connectivity index (χ1v) is 11.9. The highest BCUT2D eigenvalue weighted by molar-refractivity contribution is 9.10. The molecule has 1 atom stereocenters. The molecule has 0 radical (unpaired) electrons. The average Bonchev–Trinajstić information content (AvgIpc) is 3.49. The molecule has 0 bridgehead atoms. The number of carbonyl (C=O) groups excluding carboxylic acids is 1. The van der Waals surface area contributed by atoms with Gasteiger partial charge in [-0.25, -0.2) is 4.98 Å². The summed E-state index contributed by atoms with van der Waals surface area (Å²) in [5.74, 6) is 1.20. The molecule has 5 rings (SSSR count). The number of fused-ring (bicyclic) bond motifs is 3. The van der Waals surface area contributed by atoms with Gasteiger partial charge in [0.15, 0.2) is 0 Å². The van der Waals surface area contributed by atoms with Crippen molar-refractivity contribution < 1.29 is 4.79 Å². The Bertz CT molecular complexity index is 1110. The van der Waals surface area contributed by atoms with Crippen molar-refractivity contribution in [3.8, 4) is 11.4 Å². The van der Waals surface area contributed by atoms with Crippen LogP contribution >= 0.6 is 15.9 Å². The minimum absolute atomic E-state index is 0.00436. The molecule has 0 N–H and O–H groups in total. The number of carbonyl (C=O) groups is 1. The largest absolute Gasteiger partial charge is 0.340 e. The number of nitrogens with zero attached hydrogens (tertiary/aromatic N) is 3. The summed E-state index contributed by atoms with van der Waals surface area (Å²) in [6, 6.07) is 17.0. The first-order valence-electron chi connectivity index (χ1n) is 11.1. The van der Waals surface area contributed by atoms with Crippen LogP contribution in [0.4, 0.5) is 0 Å². The molecule has 4 nitrogen and oxygen atoms in total. The third-order valence-electron chi connectivity index (χ3n) is 7.55. The van der Waals surface area contributed by atoms with Crippen molar-refractivity contribution in [2.24, 2.45) is 0 Å². The molecule has 1 saturated carbocycles. The van der Waals surface area contributed by atoms with E-state index in [0.29, 0.717) is 12.8 Å².